The number of hydrogen-bond donors (Lipinski definition) is 2. The van der Waals surface area contributed by atoms with E-state index in [1.54, 1.807) is 0 Å². The van der Waals surface area contributed by atoms with Gasteiger partial charge >= 0.3 is 0 Å². The molecule has 3 heteroatoms. The van der Waals surface area contributed by atoms with Crippen LogP contribution in [0.1, 0.15) is 37.7 Å². The molecule has 2 N–H and O–H groups in total. The van der Waals surface area contributed by atoms with E-state index >= 15 is 0 Å². The summed E-state index contributed by atoms with van der Waals surface area (Å²) in [5.41, 5.74) is 1.24. The van der Waals surface area contributed by atoms with E-state index in [4.69, 9.17) is 0 Å². The molecular weight excluding hydrogens is 150 g/mol. The van der Waals surface area contributed by atoms with Gasteiger partial charge < -0.3 is 10.3 Å². The second-order valence-corrected chi connectivity index (χ2v) is 3.12. The van der Waals surface area contributed by atoms with Crippen LogP contribution in [0.25, 0.3) is 0 Å². The summed E-state index contributed by atoms with van der Waals surface area (Å²) in [6.45, 7) is 5.20. The van der Waals surface area contributed by atoms with Gasteiger partial charge in [0.05, 0.1) is 6.54 Å². The molecule has 0 spiro atoms. The summed E-state index contributed by atoms with van der Waals surface area (Å²) in [6.07, 6.45) is 3.09. The molecule has 0 fully saturated rings. The second-order valence-electron chi connectivity index (χ2n) is 3.12. The van der Waals surface area contributed by atoms with Crippen LogP contribution < -0.4 is 5.32 Å². The number of rotatable bonds is 4. The molecule has 0 aromatic carbocycles. The van der Waals surface area contributed by atoms with Crippen LogP contribution in [-0.4, -0.2) is 17.0 Å². The number of nitrogens with zero attached hydrogens (tertiary/aromatic N) is 1. The lowest BCUT2D eigenvalue weighted by atomic mass is 10.1. The van der Waals surface area contributed by atoms with Gasteiger partial charge in [-0.2, -0.15) is 0 Å². The van der Waals surface area contributed by atoms with E-state index in [-0.39, 0.29) is 0 Å². The molecule has 0 amide bonds. The Hall–Kier alpha value is -0.830. The van der Waals surface area contributed by atoms with E-state index < -0.39 is 0 Å². The van der Waals surface area contributed by atoms with Crippen molar-refractivity contribution >= 4 is 0 Å². The fourth-order valence-corrected chi connectivity index (χ4v) is 1.11. The lowest BCUT2D eigenvalue weighted by Crippen LogP contribution is -2.06. The Kier molecular flexibility index (Phi) is 3.29. The quantitative estimate of drug-likeness (QED) is 0.715. The van der Waals surface area contributed by atoms with Crippen molar-refractivity contribution in [2.24, 2.45) is 0 Å². The molecule has 1 aromatic heterocycles. The monoisotopic (exact) mass is 167 g/mol. The Bertz CT molecular complexity index is 229. The predicted octanol–water partition coefficient (Wildman–Crippen LogP) is 1.64. The molecule has 1 aromatic rings. The predicted molar refractivity (Wildman–Crippen MR) is 50.1 cm³/mol. The fourth-order valence-electron chi connectivity index (χ4n) is 1.11. The van der Waals surface area contributed by atoms with Crippen LogP contribution in [-0.2, 0) is 6.54 Å². The molecule has 1 heterocycles. The topological polar surface area (TPSA) is 40.7 Å². The van der Waals surface area contributed by atoms with Crippen molar-refractivity contribution in [1.82, 2.24) is 15.3 Å². The van der Waals surface area contributed by atoms with Crippen LogP contribution in [0.15, 0.2) is 6.20 Å². The maximum atomic E-state index is 4.26. The molecule has 0 aliphatic heterocycles. The SMILES string of the molecule is CCC(C)c1cnc(CNC)[nH]1. The van der Waals surface area contributed by atoms with Crippen molar-refractivity contribution in [2.75, 3.05) is 7.05 Å². The van der Waals surface area contributed by atoms with E-state index in [0.717, 1.165) is 18.8 Å². The number of imidazole rings is 1. The summed E-state index contributed by atoms with van der Waals surface area (Å²) in [4.78, 5) is 7.55. The third kappa shape index (κ3) is 2.08. The zero-order valence-electron chi connectivity index (χ0n) is 8.02. The molecular formula is C9H17N3. The number of aromatic nitrogens is 2. The van der Waals surface area contributed by atoms with Gasteiger partial charge in [-0.05, 0) is 19.4 Å². The van der Waals surface area contributed by atoms with Crippen molar-refractivity contribution in [1.29, 1.82) is 0 Å². The van der Waals surface area contributed by atoms with Crippen molar-refractivity contribution in [3.8, 4) is 0 Å². The Morgan fingerprint density at radius 2 is 2.42 bits per heavy atom. The summed E-state index contributed by atoms with van der Waals surface area (Å²) in [7, 11) is 1.92. The van der Waals surface area contributed by atoms with Crippen molar-refractivity contribution in [2.45, 2.75) is 32.7 Å². The maximum absolute atomic E-state index is 4.26. The van der Waals surface area contributed by atoms with Gasteiger partial charge in [0.1, 0.15) is 5.82 Å². The molecule has 0 aliphatic rings. The standard InChI is InChI=1S/C9H17N3/c1-4-7(2)8-5-11-9(12-8)6-10-3/h5,7,10H,4,6H2,1-3H3,(H,11,12). The van der Waals surface area contributed by atoms with E-state index in [1.807, 2.05) is 13.2 Å². The number of nitrogens with one attached hydrogen (secondary N) is 2. The molecule has 12 heavy (non-hydrogen) atoms. The Morgan fingerprint density at radius 3 is 3.00 bits per heavy atom. The van der Waals surface area contributed by atoms with Gasteiger partial charge in [0.2, 0.25) is 0 Å². The summed E-state index contributed by atoms with van der Waals surface area (Å²) >= 11 is 0. The van der Waals surface area contributed by atoms with Crippen molar-refractivity contribution < 1.29 is 0 Å². The summed E-state index contributed by atoms with van der Waals surface area (Å²) in [5.74, 6) is 1.61. The highest BCUT2D eigenvalue weighted by atomic mass is 15.0. The largest absolute Gasteiger partial charge is 0.345 e. The lowest BCUT2D eigenvalue weighted by molar-refractivity contribution is 0.703. The average Bonchev–Trinajstić information content (AvgIpc) is 2.52. The van der Waals surface area contributed by atoms with Crippen LogP contribution >= 0.6 is 0 Å². The van der Waals surface area contributed by atoms with Gasteiger partial charge in [-0.3, -0.25) is 0 Å². The van der Waals surface area contributed by atoms with Gasteiger partial charge in [0.15, 0.2) is 0 Å². The first-order chi connectivity index (χ1) is 5.77. The molecule has 1 rings (SSSR count). The van der Waals surface area contributed by atoms with E-state index in [9.17, 15) is 0 Å². The van der Waals surface area contributed by atoms with Gasteiger partial charge in [-0.1, -0.05) is 13.8 Å². The van der Waals surface area contributed by atoms with Crippen LogP contribution in [0.3, 0.4) is 0 Å². The summed E-state index contributed by atoms with van der Waals surface area (Å²) < 4.78 is 0. The minimum absolute atomic E-state index is 0.586. The third-order valence-corrected chi connectivity index (χ3v) is 2.14. The Morgan fingerprint density at radius 1 is 1.67 bits per heavy atom. The molecule has 3 nitrogen and oxygen atoms in total. The van der Waals surface area contributed by atoms with Crippen LogP contribution in [0.5, 0.6) is 0 Å². The summed E-state index contributed by atoms with van der Waals surface area (Å²) in [6, 6.07) is 0. The second kappa shape index (κ2) is 4.26. The molecule has 1 unspecified atom stereocenters. The first kappa shape index (κ1) is 9.26. The van der Waals surface area contributed by atoms with Crippen molar-refractivity contribution in [3.63, 3.8) is 0 Å². The van der Waals surface area contributed by atoms with Gasteiger partial charge in [-0.15, -0.1) is 0 Å². The van der Waals surface area contributed by atoms with Crippen LogP contribution in [0, 0.1) is 0 Å². The van der Waals surface area contributed by atoms with Gasteiger partial charge in [0.25, 0.3) is 0 Å². The number of aromatic amines is 1. The van der Waals surface area contributed by atoms with Crippen molar-refractivity contribution in [3.05, 3.63) is 17.7 Å². The maximum Gasteiger partial charge on any atom is 0.120 e. The zero-order valence-corrected chi connectivity index (χ0v) is 8.02. The van der Waals surface area contributed by atoms with Gasteiger partial charge in [0, 0.05) is 11.9 Å². The fraction of sp³-hybridized carbons (Fsp3) is 0.667. The molecule has 0 bridgehead atoms. The highest BCUT2D eigenvalue weighted by Gasteiger charge is 2.05. The molecule has 0 saturated carbocycles. The highest BCUT2D eigenvalue weighted by Crippen LogP contribution is 2.15. The Balaban J connectivity index is 2.63. The van der Waals surface area contributed by atoms with E-state index in [0.29, 0.717) is 5.92 Å². The van der Waals surface area contributed by atoms with Gasteiger partial charge in [-0.25, -0.2) is 4.98 Å². The van der Waals surface area contributed by atoms with E-state index in [2.05, 4.69) is 29.1 Å². The first-order valence-electron chi connectivity index (χ1n) is 4.46. The van der Waals surface area contributed by atoms with E-state index in [1.165, 1.54) is 5.69 Å². The van der Waals surface area contributed by atoms with Crippen LogP contribution in [0.4, 0.5) is 0 Å². The number of H-pyrrole nitrogens is 1. The summed E-state index contributed by atoms with van der Waals surface area (Å²) in [5, 5.41) is 3.06. The number of hydrogen-bond acceptors (Lipinski definition) is 2. The highest BCUT2D eigenvalue weighted by molar-refractivity contribution is 5.06. The zero-order chi connectivity index (χ0) is 8.97. The lowest BCUT2D eigenvalue weighted by Gasteiger charge is -2.03. The molecule has 1 atom stereocenters. The minimum atomic E-state index is 0.586. The molecule has 68 valence electrons. The molecule has 0 radical (unpaired) electrons. The molecule has 0 aliphatic carbocycles. The smallest absolute Gasteiger partial charge is 0.120 e. The average molecular weight is 167 g/mol. The molecule has 0 saturated heterocycles. The first-order valence-corrected chi connectivity index (χ1v) is 4.46. The third-order valence-electron chi connectivity index (χ3n) is 2.14. The Labute approximate surface area is 73.6 Å². The normalized spacial score (nSPS) is 13.2. The van der Waals surface area contributed by atoms with Crippen LogP contribution in [0.2, 0.25) is 0 Å². The minimum Gasteiger partial charge on any atom is -0.345 e.